The van der Waals surface area contributed by atoms with Crippen LogP contribution in [-0.2, 0) is 0 Å². The molecule has 0 bridgehead atoms. The molecule has 16 heavy (non-hydrogen) atoms. The van der Waals surface area contributed by atoms with Crippen LogP contribution >= 0.6 is 0 Å². The van der Waals surface area contributed by atoms with Crippen molar-refractivity contribution in [2.75, 3.05) is 26.7 Å². The number of nitrogens with one attached hydrogen (secondary N) is 1. The molecular weight excluding hydrogens is 200 g/mol. The fourth-order valence-electron chi connectivity index (χ4n) is 2.64. The number of hydrogen-bond donors (Lipinski definition) is 2. The van der Waals surface area contributed by atoms with Gasteiger partial charge >= 0.3 is 0 Å². The van der Waals surface area contributed by atoms with Gasteiger partial charge in [-0.15, -0.1) is 0 Å². The predicted molar refractivity (Wildman–Crippen MR) is 68.9 cm³/mol. The first-order chi connectivity index (χ1) is 7.54. The molecule has 0 aromatic heterocycles. The molecule has 0 amide bonds. The maximum Gasteiger partial charge on any atom is 0.0920 e. The molecule has 2 unspecified atom stereocenters. The van der Waals surface area contributed by atoms with Crippen LogP contribution in [0.15, 0.2) is 0 Å². The molecule has 1 aliphatic rings. The van der Waals surface area contributed by atoms with E-state index in [1.807, 2.05) is 0 Å². The van der Waals surface area contributed by atoms with Gasteiger partial charge in [-0.1, -0.05) is 6.92 Å². The fraction of sp³-hybridized carbons (Fsp3) is 0.917. The molecule has 1 saturated heterocycles. The first-order valence-corrected chi connectivity index (χ1v) is 6.31. The van der Waals surface area contributed by atoms with Gasteiger partial charge < -0.3 is 10.6 Å². The van der Waals surface area contributed by atoms with Crippen LogP contribution in [0.5, 0.6) is 0 Å². The first-order valence-electron chi connectivity index (χ1n) is 6.31. The molecule has 0 spiro atoms. The Morgan fingerprint density at radius 1 is 1.50 bits per heavy atom. The largest absolute Gasteiger partial charge is 0.388 e. The van der Waals surface area contributed by atoms with Crippen molar-refractivity contribution in [1.82, 2.24) is 9.80 Å². The minimum absolute atomic E-state index is 0.306. The molecule has 0 aliphatic carbocycles. The lowest BCUT2D eigenvalue weighted by Gasteiger charge is -2.35. The van der Waals surface area contributed by atoms with Gasteiger partial charge in [-0.05, 0) is 39.9 Å². The van der Waals surface area contributed by atoms with E-state index in [-0.39, 0.29) is 0 Å². The number of nitrogens with two attached hydrogens (primary N) is 1. The molecule has 4 heteroatoms. The molecule has 2 atom stereocenters. The van der Waals surface area contributed by atoms with Gasteiger partial charge in [0.15, 0.2) is 0 Å². The Balaban J connectivity index is 2.63. The summed E-state index contributed by atoms with van der Waals surface area (Å²) in [4.78, 5) is 4.94. The molecule has 1 fully saturated rings. The quantitative estimate of drug-likeness (QED) is 0.558. The maximum atomic E-state index is 7.40. The molecule has 1 heterocycles. The average Bonchev–Trinajstić information content (AvgIpc) is 2.38. The lowest BCUT2D eigenvalue weighted by atomic mass is 10.1. The third kappa shape index (κ3) is 3.76. The van der Waals surface area contributed by atoms with E-state index in [2.05, 4.69) is 30.7 Å². The average molecular weight is 226 g/mol. The third-order valence-corrected chi connectivity index (χ3v) is 3.50. The number of hydrogen-bond acceptors (Lipinski definition) is 3. The van der Waals surface area contributed by atoms with E-state index in [0.717, 1.165) is 13.1 Å². The van der Waals surface area contributed by atoms with Gasteiger partial charge in [-0.2, -0.15) is 0 Å². The van der Waals surface area contributed by atoms with Gasteiger partial charge in [0.2, 0.25) is 0 Å². The summed E-state index contributed by atoms with van der Waals surface area (Å²) in [6, 6.07) is 1.01. The van der Waals surface area contributed by atoms with Crippen LogP contribution in [0, 0.1) is 5.41 Å². The van der Waals surface area contributed by atoms with Crippen molar-refractivity contribution < 1.29 is 0 Å². The smallest absolute Gasteiger partial charge is 0.0920 e. The molecule has 0 aromatic rings. The van der Waals surface area contributed by atoms with E-state index >= 15 is 0 Å². The van der Waals surface area contributed by atoms with Gasteiger partial charge in [0.1, 0.15) is 0 Å². The van der Waals surface area contributed by atoms with Crippen LogP contribution in [0.4, 0.5) is 0 Å². The summed E-state index contributed by atoms with van der Waals surface area (Å²) >= 11 is 0. The zero-order chi connectivity index (χ0) is 12.1. The molecule has 1 rings (SSSR count). The molecule has 4 nitrogen and oxygen atoms in total. The van der Waals surface area contributed by atoms with Crippen LogP contribution in [0.1, 0.15) is 33.1 Å². The van der Waals surface area contributed by atoms with Crippen molar-refractivity contribution in [3.8, 4) is 0 Å². The lowest BCUT2D eigenvalue weighted by molar-refractivity contribution is 0.140. The molecule has 0 radical (unpaired) electrons. The van der Waals surface area contributed by atoms with Crippen LogP contribution < -0.4 is 5.73 Å². The van der Waals surface area contributed by atoms with Crippen LogP contribution in [0.3, 0.4) is 0 Å². The normalized spacial score (nSPS) is 26.3. The summed E-state index contributed by atoms with van der Waals surface area (Å²) in [7, 11) is 2.20. The topological polar surface area (TPSA) is 56.4 Å². The molecule has 0 saturated carbocycles. The van der Waals surface area contributed by atoms with Crippen molar-refractivity contribution >= 4 is 5.84 Å². The van der Waals surface area contributed by atoms with Crippen molar-refractivity contribution in [2.45, 2.75) is 45.2 Å². The molecular formula is C12H26N4. The minimum atomic E-state index is 0.306. The monoisotopic (exact) mass is 226 g/mol. The van der Waals surface area contributed by atoms with Gasteiger partial charge in [0, 0.05) is 25.0 Å². The highest BCUT2D eigenvalue weighted by atomic mass is 15.2. The van der Waals surface area contributed by atoms with Crippen LogP contribution in [0.25, 0.3) is 0 Å². The molecule has 3 N–H and O–H groups in total. The Morgan fingerprint density at radius 2 is 2.19 bits per heavy atom. The fourth-order valence-corrected chi connectivity index (χ4v) is 2.64. The zero-order valence-corrected chi connectivity index (χ0v) is 10.9. The Bertz CT molecular complexity index is 229. The Hall–Kier alpha value is -0.610. The predicted octanol–water partition coefficient (Wildman–Crippen LogP) is 1.12. The zero-order valence-electron chi connectivity index (χ0n) is 10.9. The van der Waals surface area contributed by atoms with E-state index in [1.54, 1.807) is 0 Å². The first kappa shape index (κ1) is 13.5. The van der Waals surface area contributed by atoms with Gasteiger partial charge in [-0.3, -0.25) is 10.3 Å². The summed E-state index contributed by atoms with van der Waals surface area (Å²) in [5.41, 5.74) is 5.50. The number of amidine groups is 1. The van der Waals surface area contributed by atoms with E-state index in [9.17, 15) is 0 Å². The van der Waals surface area contributed by atoms with E-state index in [1.165, 1.54) is 19.4 Å². The summed E-state index contributed by atoms with van der Waals surface area (Å²) < 4.78 is 0. The minimum Gasteiger partial charge on any atom is -0.388 e. The van der Waals surface area contributed by atoms with Crippen molar-refractivity contribution in [3.63, 3.8) is 0 Å². The standard InChI is InChI=1S/C12H26N4/c1-4-11-9-15(3)6-5-7-16(11)10(2)8-12(13)14/h10-11H,4-9H2,1-3H3,(H3,13,14). The number of rotatable bonds is 4. The Morgan fingerprint density at radius 3 is 2.75 bits per heavy atom. The summed E-state index contributed by atoms with van der Waals surface area (Å²) in [6.45, 7) is 7.89. The van der Waals surface area contributed by atoms with E-state index in [4.69, 9.17) is 11.1 Å². The Labute approximate surface area is 99.3 Å². The van der Waals surface area contributed by atoms with Crippen molar-refractivity contribution in [1.29, 1.82) is 5.41 Å². The second kappa shape index (κ2) is 6.21. The molecule has 94 valence electrons. The second-order valence-corrected chi connectivity index (χ2v) is 4.99. The number of nitrogens with zero attached hydrogens (tertiary/aromatic N) is 2. The SMILES string of the molecule is CCC1CN(C)CCCN1C(C)CC(=N)N. The highest BCUT2D eigenvalue weighted by Crippen LogP contribution is 2.16. The lowest BCUT2D eigenvalue weighted by Crippen LogP contribution is -2.46. The summed E-state index contributed by atoms with van der Waals surface area (Å²) in [5, 5.41) is 7.40. The second-order valence-electron chi connectivity index (χ2n) is 4.99. The van der Waals surface area contributed by atoms with Crippen LogP contribution in [-0.4, -0.2) is 54.4 Å². The van der Waals surface area contributed by atoms with Crippen molar-refractivity contribution in [3.05, 3.63) is 0 Å². The third-order valence-electron chi connectivity index (χ3n) is 3.50. The highest BCUT2D eigenvalue weighted by Gasteiger charge is 2.25. The summed E-state index contributed by atoms with van der Waals surface area (Å²) in [6.07, 6.45) is 3.09. The van der Waals surface area contributed by atoms with E-state index in [0.29, 0.717) is 24.3 Å². The Kier molecular flexibility index (Phi) is 5.22. The number of likely N-dealkylation sites (N-methyl/N-ethyl adjacent to an activating group) is 1. The summed E-state index contributed by atoms with van der Waals surface area (Å²) in [5.74, 6) is 0.306. The van der Waals surface area contributed by atoms with Gasteiger partial charge in [0.25, 0.3) is 0 Å². The van der Waals surface area contributed by atoms with Crippen molar-refractivity contribution in [2.24, 2.45) is 5.73 Å². The van der Waals surface area contributed by atoms with E-state index < -0.39 is 0 Å². The molecule has 1 aliphatic heterocycles. The maximum absolute atomic E-state index is 7.40. The van der Waals surface area contributed by atoms with Crippen LogP contribution in [0.2, 0.25) is 0 Å². The van der Waals surface area contributed by atoms with Gasteiger partial charge in [-0.25, -0.2) is 0 Å². The van der Waals surface area contributed by atoms with Gasteiger partial charge in [0.05, 0.1) is 5.84 Å². The molecule has 0 aromatic carbocycles. The highest BCUT2D eigenvalue weighted by molar-refractivity contribution is 5.77.